The maximum atomic E-state index is 13.4. The second-order valence-electron chi connectivity index (χ2n) is 11.6. The number of carbonyl (C=O) groups excluding carboxylic acids is 6. The van der Waals surface area contributed by atoms with Crippen molar-refractivity contribution in [2.75, 3.05) is 45.9 Å². The van der Waals surface area contributed by atoms with Gasteiger partial charge in [0, 0.05) is 52.6 Å². The largest absolute Gasteiger partial charge is 0.469 e. The van der Waals surface area contributed by atoms with Gasteiger partial charge < -0.3 is 46.4 Å². The molecule has 1 fully saturated rings. The lowest BCUT2D eigenvalue weighted by Gasteiger charge is -2.32. The van der Waals surface area contributed by atoms with Crippen LogP contribution in [0.4, 0.5) is 0 Å². The molecule has 15 heteroatoms. The molecule has 1 aromatic carbocycles. The third-order valence-electron chi connectivity index (χ3n) is 7.91. The number of likely N-dealkylation sites (tertiary alicyclic amines) is 1. The van der Waals surface area contributed by atoms with E-state index in [1.165, 1.54) is 13.2 Å². The molecule has 0 unspecified atom stereocenters. The maximum Gasteiger partial charge on any atom is 0.244 e. The molecule has 1 aliphatic rings. The van der Waals surface area contributed by atoms with Gasteiger partial charge in [0.15, 0.2) is 0 Å². The van der Waals surface area contributed by atoms with Crippen molar-refractivity contribution in [2.45, 2.75) is 51.2 Å². The van der Waals surface area contributed by atoms with Crippen molar-refractivity contribution in [1.29, 1.82) is 0 Å². The summed E-state index contributed by atoms with van der Waals surface area (Å²) in [5, 5.41) is 13.6. The fourth-order valence-corrected chi connectivity index (χ4v) is 5.26. The van der Waals surface area contributed by atoms with Gasteiger partial charge in [0.05, 0.1) is 31.8 Å². The monoisotopic (exact) mass is 681 g/mol. The van der Waals surface area contributed by atoms with Crippen molar-refractivity contribution in [2.24, 2.45) is 11.7 Å². The number of rotatable bonds is 19. The van der Waals surface area contributed by atoms with Crippen LogP contribution in [0.3, 0.4) is 0 Å². The molecule has 2 aromatic rings. The molecule has 0 saturated carbocycles. The normalized spacial score (nSPS) is 15.3. The number of piperidine rings is 1. The minimum absolute atomic E-state index is 0.0659. The molecule has 49 heavy (non-hydrogen) atoms. The van der Waals surface area contributed by atoms with E-state index in [4.69, 9.17) is 14.9 Å². The Morgan fingerprint density at radius 1 is 1.00 bits per heavy atom. The number of ether oxygens (including phenoxy) is 1. The highest BCUT2D eigenvalue weighted by molar-refractivity contribution is 5.93. The molecule has 1 saturated heterocycles. The molecule has 0 aliphatic carbocycles. The summed E-state index contributed by atoms with van der Waals surface area (Å²) >= 11 is 0. The number of carbonyl (C=O) groups is 6. The van der Waals surface area contributed by atoms with E-state index in [1.807, 2.05) is 0 Å². The number of nitrogens with two attached hydrogens (primary N) is 1. The molecular formula is C34H47N7O8. The lowest BCUT2D eigenvalue weighted by Crippen LogP contribution is -2.53. The Morgan fingerprint density at radius 3 is 2.45 bits per heavy atom. The maximum absolute atomic E-state index is 13.4. The smallest absolute Gasteiger partial charge is 0.244 e. The van der Waals surface area contributed by atoms with Crippen molar-refractivity contribution in [1.82, 2.24) is 31.5 Å². The SMILES string of the molecule is C=CC(=O)N[C@@H](CNC(=O)Cc1ccccc1CNC(=O)[C@H](Cc1ccco1)NC(=O)[C@@H]1CCCN(C(C)=O)C1)C(=O)NCCOCCN. The molecule has 1 aliphatic heterocycles. The van der Waals surface area contributed by atoms with Gasteiger partial charge in [0.25, 0.3) is 0 Å². The predicted octanol–water partition coefficient (Wildman–Crippen LogP) is -0.697. The topological polar surface area (TPSA) is 214 Å². The van der Waals surface area contributed by atoms with E-state index in [9.17, 15) is 28.8 Å². The van der Waals surface area contributed by atoms with E-state index >= 15 is 0 Å². The Hall–Kier alpha value is -5.02. The van der Waals surface area contributed by atoms with E-state index in [2.05, 4.69) is 33.2 Å². The van der Waals surface area contributed by atoms with Crippen LogP contribution >= 0.6 is 0 Å². The zero-order valence-corrected chi connectivity index (χ0v) is 27.8. The van der Waals surface area contributed by atoms with Crippen LogP contribution in [0.5, 0.6) is 0 Å². The summed E-state index contributed by atoms with van der Waals surface area (Å²) in [6, 6.07) is 8.47. The quantitative estimate of drug-likeness (QED) is 0.0816. The van der Waals surface area contributed by atoms with Crippen LogP contribution in [-0.2, 0) is 52.9 Å². The number of hydrogen-bond acceptors (Lipinski definition) is 9. The third kappa shape index (κ3) is 13.2. The van der Waals surface area contributed by atoms with E-state index in [0.29, 0.717) is 56.0 Å². The summed E-state index contributed by atoms with van der Waals surface area (Å²) in [5.74, 6) is -2.27. The molecule has 15 nitrogen and oxygen atoms in total. The molecule has 6 amide bonds. The first-order valence-corrected chi connectivity index (χ1v) is 16.3. The van der Waals surface area contributed by atoms with Crippen molar-refractivity contribution in [3.05, 3.63) is 72.2 Å². The van der Waals surface area contributed by atoms with Gasteiger partial charge in [0.2, 0.25) is 35.4 Å². The summed E-state index contributed by atoms with van der Waals surface area (Å²) in [4.78, 5) is 77.7. The van der Waals surface area contributed by atoms with E-state index in [-0.39, 0.29) is 50.9 Å². The van der Waals surface area contributed by atoms with Crippen LogP contribution in [-0.4, -0.2) is 98.4 Å². The average Bonchev–Trinajstić information content (AvgIpc) is 3.62. The fourth-order valence-electron chi connectivity index (χ4n) is 5.26. The van der Waals surface area contributed by atoms with Crippen molar-refractivity contribution in [3.63, 3.8) is 0 Å². The first kappa shape index (κ1) is 38.4. The number of benzene rings is 1. The van der Waals surface area contributed by atoms with E-state index < -0.39 is 41.6 Å². The molecule has 0 bridgehead atoms. The lowest BCUT2D eigenvalue weighted by atomic mass is 9.96. The number of nitrogens with zero attached hydrogens (tertiary/aromatic N) is 1. The number of furan rings is 1. The minimum atomic E-state index is -1.06. The van der Waals surface area contributed by atoms with Crippen LogP contribution in [0.25, 0.3) is 0 Å². The van der Waals surface area contributed by atoms with Crippen LogP contribution in [0.15, 0.2) is 59.7 Å². The Balaban J connectivity index is 1.60. The Morgan fingerprint density at radius 2 is 1.76 bits per heavy atom. The summed E-state index contributed by atoms with van der Waals surface area (Å²) in [6.07, 6.45) is 3.87. The summed E-state index contributed by atoms with van der Waals surface area (Å²) in [5.41, 5.74) is 6.68. The Labute approximate surface area is 285 Å². The fraction of sp³-hybridized carbons (Fsp3) is 0.471. The first-order chi connectivity index (χ1) is 23.6. The van der Waals surface area contributed by atoms with Crippen LogP contribution in [0, 0.1) is 5.92 Å². The molecule has 3 atom stereocenters. The zero-order chi connectivity index (χ0) is 35.6. The predicted molar refractivity (Wildman–Crippen MR) is 179 cm³/mol. The van der Waals surface area contributed by atoms with Gasteiger partial charge in [-0.1, -0.05) is 30.8 Å². The molecule has 0 spiro atoms. The van der Waals surface area contributed by atoms with Crippen LogP contribution < -0.4 is 32.3 Å². The van der Waals surface area contributed by atoms with Crippen molar-refractivity contribution < 1.29 is 37.9 Å². The summed E-state index contributed by atoms with van der Waals surface area (Å²) in [6.45, 7) is 6.78. The zero-order valence-electron chi connectivity index (χ0n) is 27.8. The van der Waals surface area contributed by atoms with E-state index in [1.54, 1.807) is 41.3 Å². The second kappa shape index (κ2) is 20.4. The van der Waals surface area contributed by atoms with Gasteiger partial charge in [-0.3, -0.25) is 28.8 Å². The number of hydrogen-bond donors (Lipinski definition) is 6. The highest BCUT2D eigenvalue weighted by Crippen LogP contribution is 2.18. The van der Waals surface area contributed by atoms with Gasteiger partial charge >= 0.3 is 0 Å². The van der Waals surface area contributed by atoms with E-state index in [0.717, 1.165) is 6.08 Å². The van der Waals surface area contributed by atoms with Crippen molar-refractivity contribution in [3.8, 4) is 0 Å². The number of nitrogens with one attached hydrogen (secondary N) is 5. The lowest BCUT2D eigenvalue weighted by molar-refractivity contribution is -0.136. The van der Waals surface area contributed by atoms with Gasteiger partial charge in [0.1, 0.15) is 17.8 Å². The Kier molecular flexibility index (Phi) is 16.0. The van der Waals surface area contributed by atoms with Gasteiger partial charge in [-0.05, 0) is 42.2 Å². The molecule has 1 aromatic heterocycles. The van der Waals surface area contributed by atoms with Gasteiger partial charge in [-0.2, -0.15) is 0 Å². The molecule has 7 N–H and O–H groups in total. The van der Waals surface area contributed by atoms with Crippen molar-refractivity contribution >= 4 is 35.4 Å². The molecule has 0 radical (unpaired) electrons. The van der Waals surface area contributed by atoms with Gasteiger partial charge in [-0.15, -0.1) is 0 Å². The molecule has 2 heterocycles. The summed E-state index contributed by atoms with van der Waals surface area (Å²) < 4.78 is 10.7. The minimum Gasteiger partial charge on any atom is -0.469 e. The van der Waals surface area contributed by atoms with Crippen LogP contribution in [0.2, 0.25) is 0 Å². The molecule has 3 rings (SSSR count). The first-order valence-electron chi connectivity index (χ1n) is 16.3. The number of amides is 6. The second-order valence-corrected chi connectivity index (χ2v) is 11.6. The highest BCUT2D eigenvalue weighted by atomic mass is 16.5. The van der Waals surface area contributed by atoms with Crippen LogP contribution in [0.1, 0.15) is 36.7 Å². The molecule has 266 valence electrons. The standard InChI is InChI=1S/C34H47N7O8/c1-3-30(43)39-29(34(47)36-13-17-48-16-12-35)21-37-31(44)18-24-8-4-5-9-25(24)20-38-33(46)28(19-27-11-7-15-49-27)40-32(45)26-10-6-14-41(22-26)23(2)42/h3-5,7-9,11,15,26,28-29H,1,6,10,12-14,16-22,35H2,2H3,(H,36,47)(H,37,44)(H,38,46)(H,39,43)(H,40,45)/t26-,28+,29+/m1/s1. The Bertz CT molecular complexity index is 1430. The van der Waals surface area contributed by atoms with Gasteiger partial charge in [-0.25, -0.2) is 0 Å². The highest BCUT2D eigenvalue weighted by Gasteiger charge is 2.31. The molecular weight excluding hydrogens is 634 g/mol. The summed E-state index contributed by atoms with van der Waals surface area (Å²) in [7, 11) is 0. The third-order valence-corrected chi connectivity index (χ3v) is 7.91. The average molecular weight is 682 g/mol.